The molecule has 0 aliphatic carbocycles. The van der Waals surface area contributed by atoms with E-state index in [4.69, 9.17) is 4.74 Å². The van der Waals surface area contributed by atoms with Crippen LogP contribution in [0.3, 0.4) is 0 Å². The third-order valence-electron chi connectivity index (χ3n) is 1.86. The molecule has 0 saturated carbocycles. The molecule has 0 aromatic carbocycles. The molecule has 1 heterocycles. The predicted octanol–water partition coefficient (Wildman–Crippen LogP) is 0.534. The fourth-order valence-corrected chi connectivity index (χ4v) is 1.15. The SMILES string of the molecule is C=CCCn1nncc1[C@H](O)COC. The summed E-state index contributed by atoms with van der Waals surface area (Å²) in [5.74, 6) is 0. The molecule has 0 aliphatic heterocycles. The molecule has 1 aromatic heterocycles. The monoisotopic (exact) mass is 197 g/mol. The van der Waals surface area contributed by atoms with E-state index in [1.54, 1.807) is 24.1 Å². The Balaban J connectivity index is 2.65. The fourth-order valence-electron chi connectivity index (χ4n) is 1.15. The van der Waals surface area contributed by atoms with Gasteiger partial charge in [-0.3, -0.25) is 0 Å². The highest BCUT2D eigenvalue weighted by atomic mass is 16.5. The van der Waals surface area contributed by atoms with Crippen molar-refractivity contribution in [2.45, 2.75) is 19.1 Å². The number of allylic oxidation sites excluding steroid dienone is 1. The summed E-state index contributed by atoms with van der Waals surface area (Å²) in [6.07, 6.45) is 3.48. The lowest BCUT2D eigenvalue weighted by atomic mass is 10.3. The Bertz CT molecular complexity index is 285. The summed E-state index contributed by atoms with van der Waals surface area (Å²) >= 11 is 0. The van der Waals surface area contributed by atoms with Crippen LogP contribution < -0.4 is 0 Å². The normalized spacial score (nSPS) is 12.7. The summed E-state index contributed by atoms with van der Waals surface area (Å²) in [6.45, 7) is 4.55. The average Bonchev–Trinajstić information content (AvgIpc) is 2.63. The first-order valence-electron chi connectivity index (χ1n) is 4.46. The molecule has 0 radical (unpaired) electrons. The fraction of sp³-hybridized carbons (Fsp3) is 0.556. The molecule has 78 valence electrons. The first kappa shape index (κ1) is 10.9. The average molecular weight is 197 g/mol. The van der Waals surface area contributed by atoms with Crippen molar-refractivity contribution in [3.8, 4) is 0 Å². The molecule has 0 spiro atoms. The second kappa shape index (κ2) is 5.51. The Morgan fingerprint density at radius 1 is 1.79 bits per heavy atom. The molecule has 5 heteroatoms. The van der Waals surface area contributed by atoms with Crippen molar-refractivity contribution in [2.24, 2.45) is 0 Å². The van der Waals surface area contributed by atoms with Crippen molar-refractivity contribution in [2.75, 3.05) is 13.7 Å². The quantitative estimate of drug-likeness (QED) is 0.676. The minimum absolute atomic E-state index is 0.251. The highest BCUT2D eigenvalue weighted by Crippen LogP contribution is 2.11. The number of aliphatic hydroxyl groups excluding tert-OH is 1. The highest BCUT2D eigenvalue weighted by molar-refractivity contribution is 4.99. The number of rotatable bonds is 6. The molecule has 0 bridgehead atoms. The minimum atomic E-state index is -0.667. The van der Waals surface area contributed by atoms with E-state index < -0.39 is 6.10 Å². The summed E-state index contributed by atoms with van der Waals surface area (Å²) in [4.78, 5) is 0. The molecule has 0 saturated heterocycles. The second-order valence-electron chi connectivity index (χ2n) is 2.93. The molecule has 5 nitrogen and oxygen atoms in total. The first-order chi connectivity index (χ1) is 6.79. The van der Waals surface area contributed by atoms with Gasteiger partial charge in [0.05, 0.1) is 18.5 Å². The number of methoxy groups -OCH3 is 1. The van der Waals surface area contributed by atoms with Gasteiger partial charge < -0.3 is 9.84 Å². The summed E-state index contributed by atoms with van der Waals surface area (Å²) in [5.41, 5.74) is 0.675. The van der Waals surface area contributed by atoms with E-state index >= 15 is 0 Å². The molecule has 14 heavy (non-hydrogen) atoms. The van der Waals surface area contributed by atoms with Gasteiger partial charge in [-0.2, -0.15) is 0 Å². The van der Waals surface area contributed by atoms with Gasteiger partial charge in [0.1, 0.15) is 6.10 Å². The van der Waals surface area contributed by atoms with Crippen molar-refractivity contribution in [1.82, 2.24) is 15.0 Å². The molecule has 0 fully saturated rings. The van der Waals surface area contributed by atoms with Crippen LogP contribution in [0.1, 0.15) is 18.2 Å². The Morgan fingerprint density at radius 2 is 2.57 bits per heavy atom. The van der Waals surface area contributed by atoms with Crippen LogP contribution in [0.4, 0.5) is 0 Å². The first-order valence-corrected chi connectivity index (χ1v) is 4.46. The van der Waals surface area contributed by atoms with Crippen LogP contribution in [0, 0.1) is 0 Å². The van der Waals surface area contributed by atoms with Crippen molar-refractivity contribution >= 4 is 0 Å². The maximum atomic E-state index is 9.64. The molecule has 1 aromatic rings. The van der Waals surface area contributed by atoms with Crippen LogP contribution in [0.5, 0.6) is 0 Å². The van der Waals surface area contributed by atoms with Crippen LogP contribution in [-0.2, 0) is 11.3 Å². The number of aryl methyl sites for hydroxylation is 1. The van der Waals surface area contributed by atoms with Crippen LogP contribution in [0.15, 0.2) is 18.9 Å². The van der Waals surface area contributed by atoms with Crippen molar-refractivity contribution < 1.29 is 9.84 Å². The number of aromatic nitrogens is 3. The molecule has 1 N–H and O–H groups in total. The predicted molar refractivity (Wildman–Crippen MR) is 51.7 cm³/mol. The number of ether oxygens (including phenoxy) is 1. The Hall–Kier alpha value is -1.20. The highest BCUT2D eigenvalue weighted by Gasteiger charge is 2.13. The largest absolute Gasteiger partial charge is 0.384 e. The molecule has 1 atom stereocenters. The van der Waals surface area contributed by atoms with E-state index in [2.05, 4.69) is 16.9 Å². The summed E-state index contributed by atoms with van der Waals surface area (Å²) < 4.78 is 6.51. The van der Waals surface area contributed by atoms with Gasteiger partial charge in [0, 0.05) is 13.7 Å². The van der Waals surface area contributed by atoms with E-state index in [1.165, 1.54) is 0 Å². The number of hydrogen-bond donors (Lipinski definition) is 1. The van der Waals surface area contributed by atoms with Crippen molar-refractivity contribution in [3.05, 3.63) is 24.5 Å². The van der Waals surface area contributed by atoms with Crippen LogP contribution >= 0.6 is 0 Å². The zero-order valence-electron chi connectivity index (χ0n) is 8.26. The summed E-state index contributed by atoms with van der Waals surface area (Å²) in [6, 6.07) is 0. The third-order valence-corrected chi connectivity index (χ3v) is 1.86. The van der Waals surface area contributed by atoms with E-state index in [9.17, 15) is 5.11 Å². The van der Waals surface area contributed by atoms with Gasteiger partial charge in [0.2, 0.25) is 0 Å². The molecule has 0 amide bonds. The van der Waals surface area contributed by atoms with E-state index in [-0.39, 0.29) is 6.61 Å². The second-order valence-corrected chi connectivity index (χ2v) is 2.93. The molecule has 1 rings (SSSR count). The summed E-state index contributed by atoms with van der Waals surface area (Å²) in [7, 11) is 1.54. The topological polar surface area (TPSA) is 60.2 Å². The van der Waals surface area contributed by atoms with E-state index in [0.29, 0.717) is 12.2 Å². The third kappa shape index (κ3) is 2.65. The zero-order valence-corrected chi connectivity index (χ0v) is 8.26. The van der Waals surface area contributed by atoms with Gasteiger partial charge in [-0.05, 0) is 6.42 Å². The van der Waals surface area contributed by atoms with Crippen LogP contribution in [0.2, 0.25) is 0 Å². The maximum Gasteiger partial charge on any atom is 0.120 e. The van der Waals surface area contributed by atoms with Gasteiger partial charge >= 0.3 is 0 Å². The van der Waals surface area contributed by atoms with Gasteiger partial charge in [-0.25, -0.2) is 4.68 Å². The van der Waals surface area contributed by atoms with Gasteiger partial charge in [-0.15, -0.1) is 11.7 Å². The number of nitrogens with zero attached hydrogens (tertiary/aromatic N) is 3. The van der Waals surface area contributed by atoms with Crippen molar-refractivity contribution in [1.29, 1.82) is 0 Å². The standard InChI is InChI=1S/C9H15N3O2/c1-3-4-5-12-8(6-10-11-12)9(13)7-14-2/h3,6,9,13H,1,4-5,7H2,2H3/t9-/m1/s1. The lowest BCUT2D eigenvalue weighted by Crippen LogP contribution is -2.12. The van der Waals surface area contributed by atoms with Crippen LogP contribution in [-0.4, -0.2) is 33.8 Å². The molecular formula is C9H15N3O2. The zero-order chi connectivity index (χ0) is 10.4. The molecule has 0 unspecified atom stereocenters. The maximum absolute atomic E-state index is 9.64. The minimum Gasteiger partial charge on any atom is -0.384 e. The Kier molecular flexibility index (Phi) is 4.28. The number of aliphatic hydroxyl groups is 1. The Labute approximate surface area is 83.0 Å². The number of hydrogen-bond acceptors (Lipinski definition) is 4. The Morgan fingerprint density at radius 3 is 3.21 bits per heavy atom. The lowest BCUT2D eigenvalue weighted by molar-refractivity contribution is 0.0586. The van der Waals surface area contributed by atoms with Gasteiger partial charge in [0.25, 0.3) is 0 Å². The van der Waals surface area contributed by atoms with Gasteiger partial charge in [-0.1, -0.05) is 11.3 Å². The lowest BCUT2D eigenvalue weighted by Gasteiger charge is -2.10. The summed E-state index contributed by atoms with van der Waals surface area (Å²) in [5, 5.41) is 17.2. The van der Waals surface area contributed by atoms with E-state index in [0.717, 1.165) is 6.42 Å². The van der Waals surface area contributed by atoms with Crippen molar-refractivity contribution in [3.63, 3.8) is 0 Å². The molecular weight excluding hydrogens is 182 g/mol. The molecule has 0 aliphatic rings. The van der Waals surface area contributed by atoms with Crippen LogP contribution in [0.25, 0.3) is 0 Å². The van der Waals surface area contributed by atoms with Gasteiger partial charge in [0.15, 0.2) is 0 Å². The van der Waals surface area contributed by atoms with E-state index in [1.807, 2.05) is 0 Å². The smallest absolute Gasteiger partial charge is 0.120 e.